The van der Waals surface area contributed by atoms with Crippen molar-refractivity contribution in [3.05, 3.63) is 29.8 Å². The van der Waals surface area contributed by atoms with E-state index in [9.17, 15) is 9.59 Å². The Kier molecular flexibility index (Phi) is 7.30. The summed E-state index contributed by atoms with van der Waals surface area (Å²) >= 11 is 0. The van der Waals surface area contributed by atoms with Crippen molar-refractivity contribution in [2.45, 2.75) is 39.7 Å². The molecule has 0 aromatic heterocycles. The minimum atomic E-state index is -0.0310. The van der Waals surface area contributed by atoms with Crippen molar-refractivity contribution in [2.75, 3.05) is 33.3 Å². The van der Waals surface area contributed by atoms with E-state index in [0.717, 1.165) is 17.7 Å². The molecule has 1 aromatic carbocycles. The molecule has 0 radical (unpaired) electrons. The number of benzene rings is 1. The fraction of sp³-hybridized carbons (Fsp3) is 0.600. The van der Waals surface area contributed by atoms with Crippen LogP contribution in [0.25, 0.3) is 0 Å². The van der Waals surface area contributed by atoms with E-state index >= 15 is 0 Å². The second-order valence-corrected chi connectivity index (χ2v) is 7.20. The third-order valence-electron chi connectivity index (χ3n) is 5.06. The molecule has 26 heavy (non-hydrogen) atoms. The molecular weight excluding hydrogens is 330 g/mol. The molecule has 1 aromatic rings. The standard InChI is InChI=1S/C20H31N3O3/c1-15(2)16(3)21-20(25)23-13-11-22(12-14-23)19(24)10-7-17-5-8-18(26-4)9-6-17/h5-6,8-9,15-16H,7,10-14H2,1-4H3,(H,21,25)/t16-/m0/s1. The van der Waals surface area contributed by atoms with Gasteiger partial charge in [-0.25, -0.2) is 4.79 Å². The minimum absolute atomic E-state index is 0.0310. The fourth-order valence-corrected chi connectivity index (χ4v) is 2.81. The highest BCUT2D eigenvalue weighted by Crippen LogP contribution is 2.14. The van der Waals surface area contributed by atoms with Crippen LogP contribution in [0.15, 0.2) is 24.3 Å². The summed E-state index contributed by atoms with van der Waals surface area (Å²) in [5.41, 5.74) is 1.12. The number of carbonyl (C=O) groups excluding carboxylic acids is 2. The van der Waals surface area contributed by atoms with Crippen molar-refractivity contribution in [1.29, 1.82) is 0 Å². The second kappa shape index (κ2) is 9.46. The van der Waals surface area contributed by atoms with Crippen LogP contribution >= 0.6 is 0 Å². The van der Waals surface area contributed by atoms with Gasteiger partial charge in [0.1, 0.15) is 5.75 Å². The summed E-state index contributed by atoms with van der Waals surface area (Å²) in [5, 5.41) is 3.02. The number of amides is 3. The first-order valence-electron chi connectivity index (χ1n) is 9.37. The zero-order valence-electron chi connectivity index (χ0n) is 16.3. The van der Waals surface area contributed by atoms with Gasteiger partial charge in [-0.2, -0.15) is 0 Å². The number of nitrogens with one attached hydrogen (secondary N) is 1. The highest BCUT2D eigenvalue weighted by atomic mass is 16.5. The van der Waals surface area contributed by atoms with Crippen LogP contribution in [0.3, 0.4) is 0 Å². The van der Waals surface area contributed by atoms with Gasteiger partial charge in [-0.3, -0.25) is 4.79 Å². The zero-order valence-corrected chi connectivity index (χ0v) is 16.3. The smallest absolute Gasteiger partial charge is 0.317 e. The van der Waals surface area contributed by atoms with Gasteiger partial charge in [-0.1, -0.05) is 26.0 Å². The van der Waals surface area contributed by atoms with Crippen LogP contribution in [0.1, 0.15) is 32.8 Å². The average Bonchev–Trinajstić information content (AvgIpc) is 2.66. The lowest BCUT2D eigenvalue weighted by Gasteiger charge is -2.35. The second-order valence-electron chi connectivity index (χ2n) is 7.20. The number of rotatable bonds is 6. The van der Waals surface area contributed by atoms with Gasteiger partial charge in [0.15, 0.2) is 0 Å². The number of hydrogen-bond donors (Lipinski definition) is 1. The number of piperazine rings is 1. The van der Waals surface area contributed by atoms with E-state index < -0.39 is 0 Å². The molecule has 1 heterocycles. The maximum atomic E-state index is 12.4. The Bertz CT molecular complexity index is 593. The SMILES string of the molecule is COc1ccc(CCC(=O)N2CCN(C(=O)N[C@@H](C)C(C)C)CC2)cc1. The molecule has 0 spiro atoms. The van der Waals surface area contributed by atoms with Crippen LogP contribution in [-0.2, 0) is 11.2 Å². The van der Waals surface area contributed by atoms with E-state index in [4.69, 9.17) is 4.74 Å². The highest BCUT2D eigenvalue weighted by molar-refractivity contribution is 5.78. The molecule has 6 nitrogen and oxygen atoms in total. The molecule has 6 heteroatoms. The van der Waals surface area contributed by atoms with E-state index in [1.807, 2.05) is 36.1 Å². The van der Waals surface area contributed by atoms with Gasteiger partial charge in [-0.15, -0.1) is 0 Å². The molecule has 3 amide bonds. The van der Waals surface area contributed by atoms with Gasteiger partial charge in [0, 0.05) is 38.6 Å². The highest BCUT2D eigenvalue weighted by Gasteiger charge is 2.24. The molecule has 1 aliphatic rings. The molecule has 0 bridgehead atoms. The third kappa shape index (κ3) is 5.64. The largest absolute Gasteiger partial charge is 0.497 e. The van der Waals surface area contributed by atoms with E-state index in [1.165, 1.54) is 0 Å². The predicted molar refractivity (Wildman–Crippen MR) is 102 cm³/mol. The van der Waals surface area contributed by atoms with Gasteiger partial charge >= 0.3 is 6.03 Å². The van der Waals surface area contributed by atoms with Crippen LogP contribution in [0.4, 0.5) is 4.79 Å². The number of ether oxygens (including phenoxy) is 1. The summed E-state index contributed by atoms with van der Waals surface area (Å²) < 4.78 is 5.14. The van der Waals surface area contributed by atoms with Crippen molar-refractivity contribution in [3.8, 4) is 5.75 Å². The van der Waals surface area contributed by atoms with Crippen molar-refractivity contribution in [2.24, 2.45) is 5.92 Å². The van der Waals surface area contributed by atoms with Gasteiger partial charge in [0.25, 0.3) is 0 Å². The Morgan fingerprint density at radius 2 is 1.62 bits per heavy atom. The Hall–Kier alpha value is -2.24. The average molecular weight is 361 g/mol. The van der Waals surface area contributed by atoms with Gasteiger partial charge in [0.2, 0.25) is 5.91 Å². The fourth-order valence-electron chi connectivity index (χ4n) is 2.81. The molecule has 0 unspecified atom stereocenters. The van der Waals surface area contributed by atoms with Crippen LogP contribution in [0.5, 0.6) is 5.75 Å². The number of carbonyl (C=O) groups is 2. The summed E-state index contributed by atoms with van der Waals surface area (Å²) in [6.45, 7) is 8.57. The first kappa shape index (κ1) is 20.1. The number of urea groups is 1. The molecule has 1 aliphatic heterocycles. The van der Waals surface area contributed by atoms with Crippen LogP contribution in [0.2, 0.25) is 0 Å². The maximum Gasteiger partial charge on any atom is 0.317 e. The van der Waals surface area contributed by atoms with Crippen molar-refractivity contribution >= 4 is 11.9 Å². The van der Waals surface area contributed by atoms with Gasteiger partial charge in [-0.05, 0) is 37.0 Å². The molecule has 2 rings (SSSR count). The lowest BCUT2D eigenvalue weighted by atomic mass is 10.1. The first-order chi connectivity index (χ1) is 12.4. The summed E-state index contributed by atoms with van der Waals surface area (Å²) in [4.78, 5) is 28.3. The molecule has 1 N–H and O–H groups in total. The Balaban J connectivity index is 1.74. The molecule has 1 saturated heterocycles. The number of methoxy groups -OCH3 is 1. The summed E-state index contributed by atoms with van der Waals surface area (Å²) in [6, 6.07) is 7.92. The Morgan fingerprint density at radius 3 is 2.15 bits per heavy atom. The summed E-state index contributed by atoms with van der Waals surface area (Å²) in [7, 11) is 1.64. The summed E-state index contributed by atoms with van der Waals surface area (Å²) in [5.74, 6) is 1.37. The number of hydrogen-bond acceptors (Lipinski definition) is 3. The minimum Gasteiger partial charge on any atom is -0.497 e. The maximum absolute atomic E-state index is 12.4. The van der Waals surface area contributed by atoms with Crippen LogP contribution in [0, 0.1) is 5.92 Å². The van der Waals surface area contributed by atoms with E-state index in [2.05, 4.69) is 19.2 Å². The molecule has 144 valence electrons. The van der Waals surface area contributed by atoms with E-state index in [-0.39, 0.29) is 18.0 Å². The topological polar surface area (TPSA) is 61.9 Å². The lowest BCUT2D eigenvalue weighted by Crippen LogP contribution is -2.54. The number of aryl methyl sites for hydroxylation is 1. The van der Waals surface area contributed by atoms with Gasteiger partial charge < -0.3 is 19.9 Å². The molecular formula is C20H31N3O3. The van der Waals surface area contributed by atoms with Crippen LogP contribution in [-0.4, -0.2) is 61.1 Å². The molecule has 0 aliphatic carbocycles. The quantitative estimate of drug-likeness (QED) is 0.847. The van der Waals surface area contributed by atoms with Crippen molar-refractivity contribution in [3.63, 3.8) is 0 Å². The number of nitrogens with zero attached hydrogens (tertiary/aromatic N) is 2. The normalized spacial score (nSPS) is 15.7. The lowest BCUT2D eigenvalue weighted by molar-refractivity contribution is -0.132. The summed E-state index contributed by atoms with van der Waals surface area (Å²) in [6.07, 6.45) is 1.21. The van der Waals surface area contributed by atoms with Crippen molar-refractivity contribution in [1.82, 2.24) is 15.1 Å². The van der Waals surface area contributed by atoms with Crippen LogP contribution < -0.4 is 10.1 Å². The third-order valence-corrected chi connectivity index (χ3v) is 5.06. The Morgan fingerprint density at radius 1 is 1.04 bits per heavy atom. The first-order valence-corrected chi connectivity index (χ1v) is 9.37. The predicted octanol–water partition coefficient (Wildman–Crippen LogP) is 2.53. The Labute approximate surface area is 156 Å². The molecule has 1 fully saturated rings. The molecule has 0 saturated carbocycles. The molecule has 1 atom stereocenters. The monoisotopic (exact) mass is 361 g/mol. The van der Waals surface area contributed by atoms with Crippen molar-refractivity contribution < 1.29 is 14.3 Å². The van der Waals surface area contributed by atoms with Gasteiger partial charge in [0.05, 0.1) is 7.11 Å². The van der Waals surface area contributed by atoms with E-state index in [0.29, 0.717) is 38.5 Å². The zero-order chi connectivity index (χ0) is 19.1. The van der Waals surface area contributed by atoms with E-state index in [1.54, 1.807) is 12.0 Å².